The van der Waals surface area contributed by atoms with Gasteiger partial charge in [0.05, 0.1) is 0 Å². The summed E-state index contributed by atoms with van der Waals surface area (Å²) in [4.78, 5) is 0. The summed E-state index contributed by atoms with van der Waals surface area (Å²) < 4.78 is 0. The van der Waals surface area contributed by atoms with Gasteiger partial charge in [-0.05, 0) is 64.0 Å². The van der Waals surface area contributed by atoms with Crippen LogP contribution in [0.3, 0.4) is 0 Å². The van der Waals surface area contributed by atoms with Crippen molar-refractivity contribution >= 4 is 43.1 Å². The maximum Gasteiger partial charge on any atom is -0.00264 e. The summed E-state index contributed by atoms with van der Waals surface area (Å²) in [6.45, 7) is 0. The van der Waals surface area contributed by atoms with Crippen LogP contribution in [0.5, 0.6) is 0 Å². The van der Waals surface area contributed by atoms with Gasteiger partial charge in [0.25, 0.3) is 0 Å². The van der Waals surface area contributed by atoms with Crippen LogP contribution in [0, 0.1) is 20.9 Å². The molecule has 0 amide bonds. The molecule has 0 unspecified atom stereocenters. The summed E-state index contributed by atoms with van der Waals surface area (Å²) in [5.41, 5.74) is 0. The molecule has 7 aromatic carbocycles. The number of fused-ring (bicyclic) bond motifs is 4. The van der Waals surface area contributed by atoms with Crippen LogP contribution in [0.25, 0.3) is 43.1 Å². The van der Waals surface area contributed by atoms with Crippen molar-refractivity contribution in [2.75, 3.05) is 0 Å². The Hall–Kier alpha value is -4.16. The minimum absolute atomic E-state index is 1.33. The summed E-state index contributed by atoms with van der Waals surface area (Å²) in [7, 11) is 0. The van der Waals surface area contributed by atoms with Crippen molar-refractivity contribution < 1.29 is 0 Å². The zero-order valence-electron chi connectivity index (χ0n) is 17.5. The number of benzene rings is 7. The normalized spacial score (nSPS) is 11.8. The first-order valence-corrected chi connectivity index (χ1v) is 11.1. The van der Waals surface area contributed by atoms with Crippen LogP contribution in [0.2, 0.25) is 0 Å². The van der Waals surface area contributed by atoms with Crippen molar-refractivity contribution in [2.24, 2.45) is 0 Å². The van der Waals surface area contributed by atoms with Crippen molar-refractivity contribution in [3.05, 3.63) is 142 Å². The van der Waals surface area contributed by atoms with E-state index < -0.39 is 0 Å². The Labute approximate surface area is 185 Å². The Kier molecular flexibility index (Phi) is 3.65. The van der Waals surface area contributed by atoms with Gasteiger partial charge in [-0.2, -0.15) is 0 Å². The van der Waals surface area contributed by atoms with Crippen molar-refractivity contribution in [2.45, 2.75) is 0 Å². The minimum Gasteiger partial charge on any atom is -0.0616 e. The lowest BCUT2D eigenvalue weighted by Gasteiger charge is -2.13. The molecule has 0 saturated heterocycles. The van der Waals surface area contributed by atoms with E-state index >= 15 is 0 Å². The molecule has 0 radical (unpaired) electrons. The van der Waals surface area contributed by atoms with E-state index in [1.165, 1.54) is 64.0 Å². The Morgan fingerprint density at radius 2 is 0.531 bits per heavy atom. The lowest BCUT2D eigenvalue weighted by atomic mass is 9.90. The summed E-state index contributed by atoms with van der Waals surface area (Å²) >= 11 is 0. The molecule has 0 atom stereocenters. The molecule has 148 valence electrons. The van der Waals surface area contributed by atoms with Crippen molar-refractivity contribution in [1.29, 1.82) is 0 Å². The van der Waals surface area contributed by atoms with Gasteiger partial charge in [-0.1, -0.05) is 121 Å². The molecule has 0 heteroatoms. The molecule has 8 rings (SSSR count). The van der Waals surface area contributed by atoms with E-state index in [2.05, 4.69) is 121 Å². The standard InChI is InChI=1S/C20H12.C12H8/c1-5-13-6-2-11-17-18-12-4-8-14-7-3-10-16(20(14)18)15(9-1)19(13)17;1-2-6-10-9(5-1)11-7-3-4-8-12(10)11/h1-12H;1-8H. The molecular weight excluding hydrogens is 384 g/mol. The predicted molar refractivity (Wildman–Crippen MR) is 136 cm³/mol. The Morgan fingerprint density at radius 3 is 0.812 bits per heavy atom. The minimum atomic E-state index is 1.33. The van der Waals surface area contributed by atoms with Crippen LogP contribution in [-0.4, -0.2) is 0 Å². The van der Waals surface area contributed by atoms with Crippen LogP contribution in [0.1, 0.15) is 0 Å². The molecule has 1 aliphatic rings. The highest BCUT2D eigenvalue weighted by Crippen LogP contribution is 2.39. The lowest BCUT2D eigenvalue weighted by Crippen LogP contribution is -1.88. The van der Waals surface area contributed by atoms with E-state index in [1.807, 2.05) is 0 Å². The van der Waals surface area contributed by atoms with E-state index in [-0.39, 0.29) is 0 Å². The van der Waals surface area contributed by atoms with E-state index in [9.17, 15) is 0 Å². The van der Waals surface area contributed by atoms with Crippen LogP contribution in [0.4, 0.5) is 0 Å². The molecular formula is C32H20. The molecule has 0 aliphatic heterocycles. The average molecular weight is 405 g/mol. The largest absolute Gasteiger partial charge is 0.0616 e. The molecule has 0 saturated carbocycles. The van der Waals surface area contributed by atoms with Gasteiger partial charge >= 0.3 is 0 Å². The molecule has 0 spiro atoms. The van der Waals surface area contributed by atoms with Crippen LogP contribution < -0.4 is 0 Å². The Bertz CT molecular complexity index is 1680. The smallest absolute Gasteiger partial charge is 0.00264 e. The highest BCUT2D eigenvalue weighted by Gasteiger charge is 2.11. The number of rotatable bonds is 0. The molecule has 0 aromatic heterocycles. The number of hydrogen-bond donors (Lipinski definition) is 0. The molecule has 0 heterocycles. The van der Waals surface area contributed by atoms with Crippen molar-refractivity contribution in [3.63, 3.8) is 0 Å². The summed E-state index contributed by atoms with van der Waals surface area (Å²) in [6.07, 6.45) is 0. The van der Waals surface area contributed by atoms with Crippen molar-refractivity contribution in [3.8, 4) is 0 Å². The van der Waals surface area contributed by atoms with E-state index in [0.717, 1.165) is 0 Å². The second-order valence-electron chi connectivity index (χ2n) is 8.51. The highest BCUT2D eigenvalue weighted by molar-refractivity contribution is 6.32. The summed E-state index contributed by atoms with van der Waals surface area (Å²) in [5, 5.41) is 16.5. The topological polar surface area (TPSA) is 0 Å². The van der Waals surface area contributed by atoms with Gasteiger partial charge in [0, 0.05) is 0 Å². The molecule has 0 bridgehead atoms. The maximum absolute atomic E-state index is 2.25. The molecule has 32 heavy (non-hydrogen) atoms. The van der Waals surface area contributed by atoms with Crippen LogP contribution in [0.15, 0.2) is 121 Å². The summed E-state index contributed by atoms with van der Waals surface area (Å²) in [6, 6.07) is 43.5. The molecule has 1 aliphatic carbocycles. The van der Waals surface area contributed by atoms with Gasteiger partial charge in [0.2, 0.25) is 0 Å². The quantitative estimate of drug-likeness (QED) is 0.176. The zero-order chi connectivity index (χ0) is 21.1. The SMILES string of the molecule is c1cc2cccc3c4cccc5cccc(c(c1)c23)c54.c1ccc2c(c1)=c1ccccc1=2. The van der Waals surface area contributed by atoms with Crippen LogP contribution in [-0.2, 0) is 0 Å². The molecule has 7 aromatic rings. The first-order valence-electron chi connectivity index (χ1n) is 11.1. The van der Waals surface area contributed by atoms with Gasteiger partial charge in [-0.15, -0.1) is 0 Å². The second-order valence-corrected chi connectivity index (χ2v) is 8.51. The van der Waals surface area contributed by atoms with Gasteiger partial charge in [0.15, 0.2) is 0 Å². The Balaban J connectivity index is 0.000000128. The van der Waals surface area contributed by atoms with Gasteiger partial charge < -0.3 is 0 Å². The third-order valence-corrected chi connectivity index (χ3v) is 6.82. The van der Waals surface area contributed by atoms with Gasteiger partial charge in [-0.3, -0.25) is 0 Å². The fourth-order valence-corrected chi connectivity index (χ4v) is 5.42. The molecule has 0 fully saturated rings. The monoisotopic (exact) mass is 404 g/mol. The highest BCUT2D eigenvalue weighted by atomic mass is 14.1. The average Bonchev–Trinajstić information content (AvgIpc) is 2.86. The van der Waals surface area contributed by atoms with E-state index in [4.69, 9.17) is 0 Å². The first kappa shape index (κ1) is 17.5. The second kappa shape index (κ2) is 6.67. The zero-order valence-corrected chi connectivity index (χ0v) is 17.5. The van der Waals surface area contributed by atoms with E-state index in [0.29, 0.717) is 0 Å². The summed E-state index contributed by atoms with van der Waals surface area (Å²) in [5.74, 6) is 0. The third-order valence-electron chi connectivity index (χ3n) is 6.82. The lowest BCUT2D eigenvalue weighted by molar-refractivity contribution is 1.29. The maximum atomic E-state index is 2.25. The third kappa shape index (κ3) is 2.38. The van der Waals surface area contributed by atoms with Gasteiger partial charge in [0.1, 0.15) is 0 Å². The molecule has 0 N–H and O–H groups in total. The van der Waals surface area contributed by atoms with Crippen molar-refractivity contribution in [1.82, 2.24) is 0 Å². The van der Waals surface area contributed by atoms with Crippen LogP contribution >= 0.6 is 0 Å². The fraction of sp³-hybridized carbons (Fsp3) is 0. The Morgan fingerprint density at radius 1 is 0.250 bits per heavy atom. The van der Waals surface area contributed by atoms with Gasteiger partial charge in [-0.25, -0.2) is 0 Å². The predicted octanol–water partition coefficient (Wildman–Crippen LogP) is 8.31. The fourth-order valence-electron chi connectivity index (χ4n) is 5.42. The first-order chi connectivity index (χ1) is 15.9. The number of hydrogen-bond acceptors (Lipinski definition) is 0. The molecule has 0 nitrogen and oxygen atoms in total. The van der Waals surface area contributed by atoms with E-state index in [1.54, 1.807) is 0 Å².